The third-order valence-corrected chi connectivity index (χ3v) is 6.40. The summed E-state index contributed by atoms with van der Waals surface area (Å²) in [6, 6.07) is 6.48. The van der Waals surface area contributed by atoms with E-state index in [4.69, 9.17) is 0 Å². The number of halogens is 1. The van der Waals surface area contributed by atoms with E-state index in [-0.39, 0.29) is 35.5 Å². The van der Waals surface area contributed by atoms with Crippen LogP contribution < -0.4 is 0 Å². The van der Waals surface area contributed by atoms with E-state index in [1.807, 2.05) is 23.6 Å². The van der Waals surface area contributed by atoms with Gasteiger partial charge < -0.3 is 9.80 Å². The zero-order valence-electron chi connectivity index (χ0n) is 17.3. The standard InChI is InChI=1S/C22H32FN3O2/c1-4-22(9-10-25(16-22)21(28)17(2)3)26-13-11-24(12-14-26)20(27)15-18-7-5-6-8-19(18)23/h5-8,17H,4,9-16H2,1-3H3. The van der Waals surface area contributed by atoms with Crippen LogP contribution in [0.2, 0.25) is 0 Å². The summed E-state index contributed by atoms with van der Waals surface area (Å²) in [6.45, 7) is 10.6. The van der Waals surface area contributed by atoms with Crippen LogP contribution in [0.5, 0.6) is 0 Å². The maximum Gasteiger partial charge on any atom is 0.227 e. The number of nitrogens with zero attached hydrogens (tertiary/aromatic N) is 3. The molecule has 0 saturated carbocycles. The minimum atomic E-state index is -0.319. The smallest absolute Gasteiger partial charge is 0.227 e. The van der Waals surface area contributed by atoms with E-state index >= 15 is 0 Å². The molecule has 0 spiro atoms. The summed E-state index contributed by atoms with van der Waals surface area (Å²) >= 11 is 0. The first-order chi connectivity index (χ1) is 13.4. The number of rotatable bonds is 5. The van der Waals surface area contributed by atoms with Crippen molar-refractivity contribution in [1.82, 2.24) is 14.7 Å². The fourth-order valence-corrected chi connectivity index (χ4v) is 4.53. The maximum absolute atomic E-state index is 13.8. The maximum atomic E-state index is 13.8. The van der Waals surface area contributed by atoms with Gasteiger partial charge >= 0.3 is 0 Å². The minimum absolute atomic E-state index is 0.0154. The number of amides is 2. The molecule has 2 heterocycles. The van der Waals surface area contributed by atoms with Crippen molar-refractivity contribution in [3.63, 3.8) is 0 Å². The SMILES string of the molecule is CCC1(N2CCN(C(=O)Cc3ccccc3F)CC2)CCN(C(=O)C(C)C)C1. The predicted octanol–water partition coefficient (Wildman–Crippen LogP) is 2.55. The fraction of sp³-hybridized carbons (Fsp3) is 0.636. The lowest BCUT2D eigenvalue weighted by atomic mass is 9.91. The van der Waals surface area contributed by atoms with Crippen LogP contribution in [0.3, 0.4) is 0 Å². The number of benzene rings is 1. The Bertz CT molecular complexity index is 715. The van der Waals surface area contributed by atoms with Crippen molar-refractivity contribution in [2.75, 3.05) is 39.3 Å². The van der Waals surface area contributed by atoms with E-state index in [0.717, 1.165) is 39.0 Å². The van der Waals surface area contributed by atoms with Gasteiger partial charge in [0.25, 0.3) is 0 Å². The van der Waals surface area contributed by atoms with Gasteiger partial charge in [-0.1, -0.05) is 39.0 Å². The molecule has 0 N–H and O–H groups in total. The van der Waals surface area contributed by atoms with Gasteiger partial charge in [0.05, 0.1) is 6.42 Å². The highest BCUT2D eigenvalue weighted by Crippen LogP contribution is 2.33. The molecular weight excluding hydrogens is 357 g/mol. The van der Waals surface area contributed by atoms with Crippen molar-refractivity contribution in [3.05, 3.63) is 35.6 Å². The number of likely N-dealkylation sites (tertiary alicyclic amines) is 1. The number of piperazine rings is 1. The molecule has 2 aliphatic heterocycles. The summed E-state index contributed by atoms with van der Waals surface area (Å²) in [7, 11) is 0. The van der Waals surface area contributed by atoms with Crippen LogP contribution in [0.4, 0.5) is 4.39 Å². The molecule has 1 aromatic rings. The molecule has 2 fully saturated rings. The predicted molar refractivity (Wildman–Crippen MR) is 107 cm³/mol. The average molecular weight is 390 g/mol. The molecular formula is C22H32FN3O2. The van der Waals surface area contributed by atoms with E-state index in [1.54, 1.807) is 18.2 Å². The molecule has 1 unspecified atom stereocenters. The lowest BCUT2D eigenvalue weighted by Gasteiger charge is -2.45. The molecule has 0 aromatic heterocycles. The summed E-state index contributed by atoms with van der Waals surface area (Å²) in [5.41, 5.74) is 0.476. The average Bonchev–Trinajstić information content (AvgIpc) is 3.15. The molecule has 0 bridgehead atoms. The molecule has 0 aliphatic carbocycles. The molecule has 1 atom stereocenters. The van der Waals surface area contributed by atoms with E-state index < -0.39 is 0 Å². The molecule has 0 radical (unpaired) electrons. The summed E-state index contributed by atoms with van der Waals surface area (Å²) in [6.07, 6.45) is 2.10. The van der Waals surface area contributed by atoms with E-state index in [9.17, 15) is 14.0 Å². The highest BCUT2D eigenvalue weighted by atomic mass is 19.1. The Hall–Kier alpha value is -1.95. The normalized spacial score (nSPS) is 23.5. The topological polar surface area (TPSA) is 43.9 Å². The van der Waals surface area contributed by atoms with Crippen molar-refractivity contribution in [1.29, 1.82) is 0 Å². The van der Waals surface area contributed by atoms with Crippen molar-refractivity contribution < 1.29 is 14.0 Å². The molecule has 2 saturated heterocycles. The molecule has 3 rings (SSSR count). The second-order valence-electron chi connectivity index (χ2n) is 8.38. The van der Waals surface area contributed by atoms with E-state index in [2.05, 4.69) is 11.8 Å². The van der Waals surface area contributed by atoms with E-state index in [0.29, 0.717) is 18.7 Å². The number of carbonyl (C=O) groups is 2. The molecule has 1 aromatic carbocycles. The van der Waals surface area contributed by atoms with Crippen LogP contribution in [0.1, 0.15) is 39.2 Å². The Morgan fingerprint density at radius 3 is 2.36 bits per heavy atom. The van der Waals surface area contributed by atoms with Crippen LogP contribution in [0, 0.1) is 11.7 Å². The zero-order chi connectivity index (χ0) is 20.3. The zero-order valence-corrected chi connectivity index (χ0v) is 17.3. The fourth-order valence-electron chi connectivity index (χ4n) is 4.53. The summed E-state index contributed by atoms with van der Waals surface area (Å²) < 4.78 is 13.8. The molecule has 154 valence electrons. The minimum Gasteiger partial charge on any atom is -0.341 e. The van der Waals surface area contributed by atoms with Crippen molar-refractivity contribution in [2.24, 2.45) is 5.92 Å². The molecule has 6 heteroatoms. The van der Waals surface area contributed by atoms with Crippen molar-refractivity contribution in [2.45, 2.75) is 45.6 Å². The lowest BCUT2D eigenvalue weighted by Crippen LogP contribution is -2.59. The Balaban J connectivity index is 1.57. The van der Waals surface area contributed by atoms with Gasteiger partial charge in [-0.25, -0.2) is 4.39 Å². The number of hydrogen-bond donors (Lipinski definition) is 0. The second kappa shape index (κ2) is 8.60. The number of hydrogen-bond acceptors (Lipinski definition) is 3. The molecule has 2 aliphatic rings. The van der Waals surface area contributed by atoms with Crippen molar-refractivity contribution >= 4 is 11.8 Å². The van der Waals surface area contributed by atoms with Crippen LogP contribution >= 0.6 is 0 Å². The Morgan fingerprint density at radius 2 is 1.75 bits per heavy atom. The van der Waals surface area contributed by atoms with Crippen LogP contribution in [0.15, 0.2) is 24.3 Å². The van der Waals surface area contributed by atoms with Crippen LogP contribution in [-0.4, -0.2) is 71.3 Å². The first-order valence-corrected chi connectivity index (χ1v) is 10.4. The molecule has 5 nitrogen and oxygen atoms in total. The summed E-state index contributed by atoms with van der Waals surface area (Å²) in [4.78, 5) is 31.3. The van der Waals surface area contributed by atoms with Gasteiger partial charge in [0.2, 0.25) is 11.8 Å². The van der Waals surface area contributed by atoms with Gasteiger partial charge in [0.1, 0.15) is 5.82 Å². The van der Waals surface area contributed by atoms with Gasteiger partial charge in [0, 0.05) is 50.7 Å². The van der Waals surface area contributed by atoms with Gasteiger partial charge in [-0.3, -0.25) is 14.5 Å². The number of carbonyl (C=O) groups excluding carboxylic acids is 2. The third-order valence-electron chi connectivity index (χ3n) is 6.40. The highest BCUT2D eigenvalue weighted by molar-refractivity contribution is 5.79. The van der Waals surface area contributed by atoms with Crippen LogP contribution in [-0.2, 0) is 16.0 Å². The summed E-state index contributed by atoms with van der Waals surface area (Å²) in [5, 5.41) is 0. The Kier molecular flexibility index (Phi) is 6.38. The van der Waals surface area contributed by atoms with Gasteiger partial charge in [-0.15, -0.1) is 0 Å². The van der Waals surface area contributed by atoms with Crippen LogP contribution in [0.25, 0.3) is 0 Å². The molecule has 28 heavy (non-hydrogen) atoms. The first-order valence-electron chi connectivity index (χ1n) is 10.4. The Labute approximate surface area is 167 Å². The first kappa shape index (κ1) is 20.8. The van der Waals surface area contributed by atoms with Gasteiger partial charge in [-0.2, -0.15) is 0 Å². The second-order valence-corrected chi connectivity index (χ2v) is 8.38. The monoisotopic (exact) mass is 389 g/mol. The highest BCUT2D eigenvalue weighted by Gasteiger charge is 2.44. The van der Waals surface area contributed by atoms with Crippen molar-refractivity contribution in [3.8, 4) is 0 Å². The molecule has 2 amide bonds. The van der Waals surface area contributed by atoms with E-state index in [1.165, 1.54) is 6.07 Å². The quantitative estimate of drug-likeness (QED) is 0.777. The Morgan fingerprint density at radius 1 is 1.07 bits per heavy atom. The summed E-state index contributed by atoms with van der Waals surface area (Å²) in [5.74, 6) is -0.0758. The largest absolute Gasteiger partial charge is 0.341 e. The third kappa shape index (κ3) is 4.22. The van der Waals surface area contributed by atoms with Gasteiger partial charge in [0.15, 0.2) is 0 Å². The lowest BCUT2D eigenvalue weighted by molar-refractivity contribution is -0.134. The van der Waals surface area contributed by atoms with Gasteiger partial charge in [-0.05, 0) is 24.5 Å².